The molecule has 1 unspecified atom stereocenters. The predicted octanol–water partition coefficient (Wildman–Crippen LogP) is 2.33. The van der Waals surface area contributed by atoms with Crippen molar-refractivity contribution in [1.29, 1.82) is 0 Å². The van der Waals surface area contributed by atoms with Gasteiger partial charge in [-0.3, -0.25) is 4.99 Å². The number of aliphatic hydroxyl groups is 1. The van der Waals surface area contributed by atoms with Crippen LogP contribution in [-0.4, -0.2) is 42.3 Å². The van der Waals surface area contributed by atoms with Gasteiger partial charge in [0.25, 0.3) is 0 Å². The molecule has 130 valence electrons. The van der Waals surface area contributed by atoms with E-state index in [0.29, 0.717) is 6.54 Å². The number of nitrogens with one attached hydrogen (secondary N) is 2. The van der Waals surface area contributed by atoms with Crippen LogP contribution < -0.4 is 10.6 Å². The summed E-state index contributed by atoms with van der Waals surface area (Å²) in [6, 6.07) is 10.0. The van der Waals surface area contributed by atoms with Crippen molar-refractivity contribution in [2.45, 2.75) is 26.2 Å². The molecule has 0 bridgehead atoms. The number of aryl methyl sites for hydroxylation is 1. The van der Waals surface area contributed by atoms with Crippen molar-refractivity contribution in [1.82, 2.24) is 15.6 Å². The molecule has 1 aromatic carbocycles. The number of aliphatic imine (C=N–C) groups is 1. The van der Waals surface area contributed by atoms with E-state index in [1.165, 1.54) is 4.88 Å². The first-order valence-electron chi connectivity index (χ1n) is 8.32. The van der Waals surface area contributed by atoms with Gasteiger partial charge in [0.1, 0.15) is 0 Å². The first-order chi connectivity index (χ1) is 11.7. The van der Waals surface area contributed by atoms with Crippen LogP contribution in [0.2, 0.25) is 0 Å². The number of aliphatic hydroxyl groups excluding tert-OH is 1. The van der Waals surface area contributed by atoms with E-state index < -0.39 is 0 Å². The van der Waals surface area contributed by atoms with Crippen molar-refractivity contribution in [2.75, 3.05) is 26.2 Å². The number of guanidine groups is 1. The zero-order valence-corrected chi connectivity index (χ0v) is 15.1. The van der Waals surface area contributed by atoms with E-state index >= 15 is 0 Å². The summed E-state index contributed by atoms with van der Waals surface area (Å²) in [5.41, 5.74) is 1.11. The second-order valence-electron chi connectivity index (χ2n) is 5.55. The monoisotopic (exact) mass is 346 g/mol. The maximum Gasteiger partial charge on any atom is 0.191 e. The van der Waals surface area contributed by atoms with Crippen LogP contribution in [-0.2, 0) is 6.42 Å². The highest BCUT2D eigenvalue weighted by atomic mass is 32.1. The Balaban J connectivity index is 1.89. The van der Waals surface area contributed by atoms with E-state index in [0.717, 1.165) is 36.0 Å². The molecule has 0 aliphatic rings. The molecule has 0 radical (unpaired) electrons. The molecule has 1 atom stereocenters. The third kappa shape index (κ3) is 5.94. The Kier molecular flexibility index (Phi) is 7.71. The van der Waals surface area contributed by atoms with Gasteiger partial charge >= 0.3 is 0 Å². The first kappa shape index (κ1) is 18.4. The number of rotatable bonds is 8. The van der Waals surface area contributed by atoms with Gasteiger partial charge in [0.15, 0.2) is 5.96 Å². The normalized spacial score (nSPS) is 12.9. The van der Waals surface area contributed by atoms with Gasteiger partial charge in [0.05, 0.1) is 18.2 Å². The third-order valence-corrected chi connectivity index (χ3v) is 4.58. The molecule has 24 heavy (non-hydrogen) atoms. The maximum absolute atomic E-state index is 9.63. The smallest absolute Gasteiger partial charge is 0.191 e. The van der Waals surface area contributed by atoms with Crippen molar-refractivity contribution in [3.05, 3.63) is 52.0 Å². The van der Waals surface area contributed by atoms with E-state index in [9.17, 15) is 5.11 Å². The van der Waals surface area contributed by atoms with E-state index in [1.54, 1.807) is 11.3 Å². The third-order valence-electron chi connectivity index (χ3n) is 3.61. The molecule has 1 heterocycles. The lowest BCUT2D eigenvalue weighted by atomic mass is 10.0. The van der Waals surface area contributed by atoms with E-state index in [-0.39, 0.29) is 12.5 Å². The van der Waals surface area contributed by atoms with Gasteiger partial charge in [0, 0.05) is 36.5 Å². The number of thiazole rings is 1. The van der Waals surface area contributed by atoms with Crippen LogP contribution >= 0.6 is 11.3 Å². The summed E-state index contributed by atoms with van der Waals surface area (Å²) in [7, 11) is 0. The zero-order valence-electron chi connectivity index (χ0n) is 14.3. The lowest BCUT2D eigenvalue weighted by Crippen LogP contribution is -2.38. The molecule has 0 fully saturated rings. The van der Waals surface area contributed by atoms with Crippen molar-refractivity contribution >= 4 is 17.3 Å². The number of aromatic nitrogens is 1. The summed E-state index contributed by atoms with van der Waals surface area (Å²) in [5.74, 6) is 0.795. The van der Waals surface area contributed by atoms with Crippen LogP contribution in [0, 0.1) is 6.92 Å². The average Bonchev–Trinajstić information content (AvgIpc) is 3.01. The lowest BCUT2D eigenvalue weighted by molar-refractivity contribution is 0.268. The number of benzene rings is 1. The lowest BCUT2D eigenvalue weighted by Gasteiger charge is -2.15. The molecule has 0 saturated carbocycles. The Bertz CT molecular complexity index is 627. The van der Waals surface area contributed by atoms with Gasteiger partial charge in [-0.25, -0.2) is 4.98 Å². The van der Waals surface area contributed by atoms with Crippen molar-refractivity contribution in [3.8, 4) is 0 Å². The van der Waals surface area contributed by atoms with Gasteiger partial charge in [-0.15, -0.1) is 11.3 Å². The minimum absolute atomic E-state index is 0.0169. The summed E-state index contributed by atoms with van der Waals surface area (Å²) in [5, 5.41) is 17.3. The minimum Gasteiger partial charge on any atom is -0.396 e. The van der Waals surface area contributed by atoms with E-state index in [2.05, 4.69) is 27.5 Å². The van der Waals surface area contributed by atoms with Gasteiger partial charge in [-0.05, 0) is 19.4 Å². The first-order valence-corrected chi connectivity index (χ1v) is 9.13. The molecule has 3 N–H and O–H groups in total. The van der Waals surface area contributed by atoms with Crippen LogP contribution in [0.1, 0.15) is 28.3 Å². The van der Waals surface area contributed by atoms with Crippen molar-refractivity contribution in [3.63, 3.8) is 0 Å². The second-order valence-corrected chi connectivity index (χ2v) is 6.87. The SMILES string of the molecule is CCNC(=NCC(CO)c1ccccc1)NCCc1ncc(C)s1. The fraction of sp³-hybridized carbons (Fsp3) is 0.444. The van der Waals surface area contributed by atoms with Gasteiger partial charge in [0.2, 0.25) is 0 Å². The molecule has 0 saturated heterocycles. The van der Waals surface area contributed by atoms with Crippen molar-refractivity contribution < 1.29 is 5.11 Å². The second kappa shape index (κ2) is 10.1. The molecule has 2 aromatic rings. The molecule has 5 nitrogen and oxygen atoms in total. The van der Waals surface area contributed by atoms with Crippen LogP contribution in [0.4, 0.5) is 0 Å². The Labute approximate surface area is 147 Å². The molecule has 0 aliphatic heterocycles. The van der Waals surface area contributed by atoms with Crippen LogP contribution in [0.25, 0.3) is 0 Å². The molecule has 2 rings (SSSR count). The van der Waals surface area contributed by atoms with Crippen LogP contribution in [0.3, 0.4) is 0 Å². The predicted molar refractivity (Wildman–Crippen MR) is 101 cm³/mol. The largest absolute Gasteiger partial charge is 0.396 e. The number of hydrogen-bond donors (Lipinski definition) is 3. The zero-order chi connectivity index (χ0) is 17.2. The maximum atomic E-state index is 9.63. The highest BCUT2D eigenvalue weighted by Gasteiger charge is 2.10. The van der Waals surface area contributed by atoms with E-state index in [4.69, 9.17) is 0 Å². The number of nitrogens with zero attached hydrogens (tertiary/aromatic N) is 2. The number of hydrogen-bond acceptors (Lipinski definition) is 4. The molecule has 1 aromatic heterocycles. The topological polar surface area (TPSA) is 69.5 Å². The Morgan fingerprint density at radius 1 is 1.29 bits per heavy atom. The summed E-state index contributed by atoms with van der Waals surface area (Å²) in [6.07, 6.45) is 2.79. The van der Waals surface area contributed by atoms with Crippen LogP contribution in [0.15, 0.2) is 41.5 Å². The summed E-state index contributed by atoms with van der Waals surface area (Å²) < 4.78 is 0. The Morgan fingerprint density at radius 3 is 2.71 bits per heavy atom. The molecular weight excluding hydrogens is 320 g/mol. The molecule has 0 spiro atoms. The molecule has 6 heteroatoms. The molecule has 0 amide bonds. The Hall–Kier alpha value is -1.92. The highest BCUT2D eigenvalue weighted by molar-refractivity contribution is 7.11. The quantitative estimate of drug-likeness (QED) is 0.507. The summed E-state index contributed by atoms with van der Waals surface area (Å²) in [6.45, 7) is 6.34. The van der Waals surface area contributed by atoms with Crippen molar-refractivity contribution in [2.24, 2.45) is 4.99 Å². The minimum atomic E-state index is 0.0169. The fourth-order valence-electron chi connectivity index (χ4n) is 2.34. The highest BCUT2D eigenvalue weighted by Crippen LogP contribution is 2.15. The Morgan fingerprint density at radius 2 is 2.08 bits per heavy atom. The molecular formula is C18H26N4OS. The average molecular weight is 347 g/mol. The van der Waals surface area contributed by atoms with Gasteiger partial charge < -0.3 is 15.7 Å². The summed E-state index contributed by atoms with van der Waals surface area (Å²) >= 11 is 1.73. The fourth-order valence-corrected chi connectivity index (χ4v) is 3.13. The molecule has 0 aliphatic carbocycles. The van der Waals surface area contributed by atoms with Gasteiger partial charge in [-0.2, -0.15) is 0 Å². The van der Waals surface area contributed by atoms with Gasteiger partial charge in [-0.1, -0.05) is 30.3 Å². The van der Waals surface area contributed by atoms with Crippen LogP contribution in [0.5, 0.6) is 0 Å². The van der Waals surface area contributed by atoms with E-state index in [1.807, 2.05) is 43.5 Å². The summed E-state index contributed by atoms with van der Waals surface area (Å²) in [4.78, 5) is 10.2. The standard InChI is InChI=1S/C18H26N4OS/c1-3-19-18(20-10-9-17-21-11-14(2)24-17)22-12-16(13-23)15-7-5-4-6-8-15/h4-8,11,16,23H,3,9-10,12-13H2,1-2H3,(H2,19,20,22).